The van der Waals surface area contributed by atoms with Gasteiger partial charge in [0.15, 0.2) is 8.68 Å². The van der Waals surface area contributed by atoms with Gasteiger partial charge in [0.25, 0.3) is 0 Å². The molecule has 90 valence electrons. The number of nitrogens with zero attached hydrogens (tertiary/aromatic N) is 4. The number of rotatable bonds is 4. The maximum absolute atomic E-state index is 4.21. The van der Waals surface area contributed by atoms with Crippen molar-refractivity contribution in [3.8, 4) is 0 Å². The predicted molar refractivity (Wildman–Crippen MR) is 75.1 cm³/mol. The minimum atomic E-state index is 0.761. The summed E-state index contributed by atoms with van der Waals surface area (Å²) in [4.78, 5) is 8.32. The van der Waals surface area contributed by atoms with Crippen LogP contribution in [0.15, 0.2) is 24.5 Å². The number of hydrogen-bond donors (Lipinski definition) is 1. The van der Waals surface area contributed by atoms with E-state index in [1.54, 1.807) is 23.1 Å². The zero-order valence-corrected chi connectivity index (χ0v) is 13.0. The lowest BCUT2D eigenvalue weighted by molar-refractivity contribution is 0.950. The molecule has 1 N–H and O–H groups in total. The van der Waals surface area contributed by atoms with Crippen LogP contribution in [0.5, 0.6) is 0 Å². The minimum absolute atomic E-state index is 0.761. The van der Waals surface area contributed by atoms with E-state index in [1.165, 1.54) is 18.1 Å². The van der Waals surface area contributed by atoms with Crippen molar-refractivity contribution in [2.24, 2.45) is 0 Å². The van der Waals surface area contributed by atoms with Gasteiger partial charge in [-0.15, -0.1) is 10.2 Å². The van der Waals surface area contributed by atoms with E-state index in [-0.39, 0.29) is 0 Å². The molecule has 0 bridgehead atoms. The van der Waals surface area contributed by atoms with Crippen molar-refractivity contribution in [1.29, 1.82) is 0 Å². The van der Waals surface area contributed by atoms with Gasteiger partial charge in [-0.3, -0.25) is 0 Å². The summed E-state index contributed by atoms with van der Waals surface area (Å²) in [7, 11) is 1.82. The average Bonchev–Trinajstić information content (AvgIpc) is 2.79. The van der Waals surface area contributed by atoms with E-state index in [2.05, 4.69) is 41.4 Å². The van der Waals surface area contributed by atoms with Crippen molar-refractivity contribution in [1.82, 2.24) is 20.2 Å². The molecule has 0 atom stereocenters. The molecule has 0 aliphatic heterocycles. The second-order valence-electron chi connectivity index (χ2n) is 2.73. The lowest BCUT2D eigenvalue weighted by Crippen LogP contribution is -1.96. The molecule has 0 amide bonds. The van der Waals surface area contributed by atoms with Gasteiger partial charge in [0.2, 0.25) is 0 Å². The van der Waals surface area contributed by atoms with Gasteiger partial charge < -0.3 is 5.32 Å². The second kappa shape index (κ2) is 5.98. The van der Waals surface area contributed by atoms with E-state index >= 15 is 0 Å². The average molecular weight is 350 g/mol. The molecule has 2 aromatic heterocycles. The van der Waals surface area contributed by atoms with Gasteiger partial charge >= 0.3 is 0 Å². The Bertz CT molecular complexity index is 518. The first kappa shape index (κ1) is 13.1. The van der Waals surface area contributed by atoms with E-state index < -0.39 is 0 Å². The molecule has 17 heavy (non-hydrogen) atoms. The van der Waals surface area contributed by atoms with E-state index in [0.29, 0.717) is 0 Å². The molecule has 0 unspecified atom stereocenters. The molecule has 0 aliphatic rings. The Morgan fingerprint density at radius 3 is 2.71 bits per heavy atom. The zero-order valence-electron chi connectivity index (χ0n) is 8.97. The summed E-state index contributed by atoms with van der Waals surface area (Å²) < 4.78 is 2.66. The van der Waals surface area contributed by atoms with Gasteiger partial charge in [-0.1, -0.05) is 23.1 Å². The van der Waals surface area contributed by atoms with Crippen LogP contribution in [0, 0.1) is 0 Å². The zero-order chi connectivity index (χ0) is 12.3. The Morgan fingerprint density at radius 1 is 1.29 bits per heavy atom. The molecule has 0 spiro atoms. The SMILES string of the molecule is CNc1ncnc(Sc2nnc(SC)s2)c1Br. The Kier molecular flexibility index (Phi) is 4.60. The van der Waals surface area contributed by atoms with E-state index in [9.17, 15) is 0 Å². The van der Waals surface area contributed by atoms with Crippen LogP contribution >= 0.6 is 50.8 Å². The van der Waals surface area contributed by atoms with Crippen LogP contribution in [0.3, 0.4) is 0 Å². The fourth-order valence-electron chi connectivity index (χ4n) is 1.00. The number of nitrogens with one attached hydrogen (secondary N) is 1. The third kappa shape index (κ3) is 3.09. The summed E-state index contributed by atoms with van der Waals surface area (Å²) in [5, 5.41) is 11.9. The van der Waals surface area contributed by atoms with E-state index in [1.807, 2.05) is 13.3 Å². The number of thioether (sulfide) groups is 1. The van der Waals surface area contributed by atoms with Crippen LogP contribution in [-0.4, -0.2) is 33.5 Å². The highest BCUT2D eigenvalue weighted by atomic mass is 79.9. The molecule has 0 aromatic carbocycles. The van der Waals surface area contributed by atoms with E-state index in [0.717, 1.165) is 24.0 Å². The summed E-state index contributed by atoms with van der Waals surface area (Å²) in [6.45, 7) is 0. The fraction of sp³-hybridized carbons (Fsp3) is 0.250. The fourth-order valence-corrected chi connectivity index (χ4v) is 3.99. The first-order chi connectivity index (χ1) is 8.24. The van der Waals surface area contributed by atoms with Gasteiger partial charge in [0, 0.05) is 7.05 Å². The summed E-state index contributed by atoms with van der Waals surface area (Å²) >= 11 is 8.08. The van der Waals surface area contributed by atoms with Crippen molar-refractivity contribution in [2.45, 2.75) is 13.7 Å². The van der Waals surface area contributed by atoms with Crippen molar-refractivity contribution in [3.05, 3.63) is 10.8 Å². The molecule has 5 nitrogen and oxygen atoms in total. The van der Waals surface area contributed by atoms with Crippen molar-refractivity contribution in [2.75, 3.05) is 18.6 Å². The highest BCUT2D eigenvalue weighted by Gasteiger charge is 2.12. The minimum Gasteiger partial charge on any atom is -0.372 e. The maximum atomic E-state index is 4.21. The molecule has 0 radical (unpaired) electrons. The highest BCUT2D eigenvalue weighted by molar-refractivity contribution is 9.10. The quantitative estimate of drug-likeness (QED) is 0.672. The third-order valence-corrected chi connectivity index (χ3v) is 5.71. The standard InChI is InChI=1S/C8H8BrN5S3/c1-10-5-4(9)6(12-3-11-5)16-8-14-13-7(15-2)17-8/h3H,1-2H3,(H,10,11,12). The number of anilines is 1. The molecule has 0 fully saturated rings. The van der Waals surface area contributed by atoms with Gasteiger partial charge in [-0.2, -0.15) is 0 Å². The van der Waals surface area contributed by atoms with Crippen molar-refractivity contribution < 1.29 is 0 Å². The molecule has 0 saturated carbocycles. The Hall–Kier alpha value is -0.380. The summed E-state index contributed by atoms with van der Waals surface area (Å²) in [5.74, 6) is 0.761. The molecule has 0 aliphatic carbocycles. The number of hydrogen-bond acceptors (Lipinski definition) is 8. The van der Waals surface area contributed by atoms with E-state index in [4.69, 9.17) is 0 Å². The molecule has 0 saturated heterocycles. The monoisotopic (exact) mass is 349 g/mol. The molecule has 2 rings (SSSR count). The Labute approximate surface area is 119 Å². The summed E-state index contributed by atoms with van der Waals surface area (Å²) in [5.41, 5.74) is 0. The third-order valence-electron chi connectivity index (χ3n) is 1.74. The van der Waals surface area contributed by atoms with Crippen LogP contribution in [0.2, 0.25) is 0 Å². The lowest BCUT2D eigenvalue weighted by atomic mass is 10.6. The molecule has 2 heterocycles. The largest absolute Gasteiger partial charge is 0.372 e. The smallest absolute Gasteiger partial charge is 0.181 e. The molecule has 9 heteroatoms. The maximum Gasteiger partial charge on any atom is 0.181 e. The normalized spacial score (nSPS) is 10.5. The van der Waals surface area contributed by atoms with Gasteiger partial charge in [0.1, 0.15) is 17.2 Å². The van der Waals surface area contributed by atoms with Crippen LogP contribution < -0.4 is 5.32 Å². The molecule has 2 aromatic rings. The van der Waals surface area contributed by atoms with Crippen LogP contribution in [0.25, 0.3) is 0 Å². The van der Waals surface area contributed by atoms with Crippen molar-refractivity contribution >= 4 is 56.6 Å². The topological polar surface area (TPSA) is 63.6 Å². The highest BCUT2D eigenvalue weighted by Crippen LogP contribution is 2.37. The lowest BCUT2D eigenvalue weighted by Gasteiger charge is -2.04. The van der Waals surface area contributed by atoms with Crippen LogP contribution in [0.4, 0.5) is 5.82 Å². The van der Waals surface area contributed by atoms with Gasteiger partial charge in [-0.05, 0) is 33.9 Å². The summed E-state index contributed by atoms with van der Waals surface area (Å²) in [6, 6.07) is 0. The molecular formula is C8H8BrN5S3. The number of aromatic nitrogens is 4. The van der Waals surface area contributed by atoms with Crippen LogP contribution in [-0.2, 0) is 0 Å². The Morgan fingerprint density at radius 2 is 2.06 bits per heavy atom. The first-order valence-corrected chi connectivity index (χ1v) is 8.13. The summed E-state index contributed by atoms with van der Waals surface area (Å²) in [6.07, 6.45) is 3.50. The second-order valence-corrected chi connectivity index (χ2v) is 6.79. The first-order valence-electron chi connectivity index (χ1n) is 4.48. The number of halogens is 1. The van der Waals surface area contributed by atoms with Crippen LogP contribution in [0.1, 0.15) is 0 Å². The predicted octanol–water partition coefficient (Wildman–Crippen LogP) is 3.01. The Balaban J connectivity index is 2.23. The van der Waals surface area contributed by atoms with Gasteiger partial charge in [-0.25, -0.2) is 9.97 Å². The van der Waals surface area contributed by atoms with Gasteiger partial charge in [0.05, 0.1) is 4.47 Å². The van der Waals surface area contributed by atoms with Crippen molar-refractivity contribution in [3.63, 3.8) is 0 Å². The molecular weight excluding hydrogens is 342 g/mol.